The van der Waals surface area contributed by atoms with Crippen molar-refractivity contribution in [3.63, 3.8) is 0 Å². The molecule has 2 fully saturated rings. The molecule has 1 saturated carbocycles. The third-order valence-corrected chi connectivity index (χ3v) is 5.55. The second kappa shape index (κ2) is 6.38. The molecule has 1 aromatic heterocycles. The summed E-state index contributed by atoms with van der Waals surface area (Å²) in [5, 5.41) is 3.74. The number of thiophene rings is 1. The number of likely N-dealkylation sites (N-methyl/N-ethyl adjacent to an activating group) is 1. The van der Waals surface area contributed by atoms with Gasteiger partial charge in [0.05, 0.1) is 9.88 Å². The van der Waals surface area contributed by atoms with Crippen molar-refractivity contribution in [1.29, 1.82) is 0 Å². The molecular formula is C16H23N3O2S. The van der Waals surface area contributed by atoms with Crippen LogP contribution in [-0.4, -0.2) is 54.3 Å². The molecule has 0 bridgehead atoms. The molecule has 6 heteroatoms. The largest absolute Gasteiger partial charge is 0.335 e. The third kappa shape index (κ3) is 3.33. The van der Waals surface area contributed by atoms with Crippen LogP contribution in [0.2, 0.25) is 0 Å². The highest BCUT2D eigenvalue weighted by Gasteiger charge is 2.30. The van der Waals surface area contributed by atoms with E-state index in [-0.39, 0.29) is 17.7 Å². The molecule has 120 valence electrons. The van der Waals surface area contributed by atoms with Gasteiger partial charge in [-0.05, 0) is 37.9 Å². The molecule has 2 aliphatic rings. The van der Waals surface area contributed by atoms with Gasteiger partial charge < -0.3 is 15.1 Å². The molecule has 5 nitrogen and oxygen atoms in total. The van der Waals surface area contributed by atoms with Crippen molar-refractivity contribution in [2.45, 2.75) is 26.7 Å². The summed E-state index contributed by atoms with van der Waals surface area (Å²) in [7, 11) is 0. The lowest BCUT2D eigenvalue weighted by Gasteiger charge is -2.33. The van der Waals surface area contributed by atoms with Gasteiger partial charge >= 0.3 is 0 Å². The van der Waals surface area contributed by atoms with Crippen molar-refractivity contribution in [2.75, 3.05) is 38.0 Å². The number of nitrogens with one attached hydrogen (secondary N) is 1. The van der Waals surface area contributed by atoms with E-state index in [4.69, 9.17) is 0 Å². The number of nitrogens with zero attached hydrogens (tertiary/aromatic N) is 2. The maximum absolute atomic E-state index is 12.7. The molecule has 1 N–H and O–H groups in total. The fourth-order valence-electron chi connectivity index (χ4n) is 2.74. The summed E-state index contributed by atoms with van der Waals surface area (Å²) in [6, 6.07) is 1.92. The van der Waals surface area contributed by atoms with E-state index in [0.717, 1.165) is 61.0 Å². The second-order valence-corrected chi connectivity index (χ2v) is 7.16. The Morgan fingerprint density at radius 3 is 2.55 bits per heavy atom. The molecule has 22 heavy (non-hydrogen) atoms. The topological polar surface area (TPSA) is 52.6 Å². The summed E-state index contributed by atoms with van der Waals surface area (Å²) < 4.78 is 0. The van der Waals surface area contributed by atoms with Crippen LogP contribution in [0.4, 0.5) is 5.00 Å². The molecule has 3 rings (SSSR count). The number of hydrogen-bond acceptors (Lipinski definition) is 4. The number of hydrogen-bond donors (Lipinski definition) is 1. The SMILES string of the molecule is CCN1CCN(C(=O)c2sc(NC(=O)C3CC3)cc2C)CC1. The molecule has 0 atom stereocenters. The van der Waals surface area contributed by atoms with E-state index in [0.29, 0.717) is 0 Å². The minimum atomic E-state index is 0.0943. The van der Waals surface area contributed by atoms with Crippen LogP contribution in [-0.2, 0) is 4.79 Å². The van der Waals surface area contributed by atoms with E-state index >= 15 is 0 Å². The zero-order chi connectivity index (χ0) is 15.7. The van der Waals surface area contributed by atoms with Crippen molar-refractivity contribution in [3.8, 4) is 0 Å². The predicted octanol–water partition coefficient (Wildman–Crippen LogP) is 2.18. The van der Waals surface area contributed by atoms with Crippen LogP contribution in [0, 0.1) is 12.8 Å². The fourth-order valence-corrected chi connectivity index (χ4v) is 3.78. The maximum Gasteiger partial charge on any atom is 0.264 e. The van der Waals surface area contributed by atoms with E-state index in [1.54, 1.807) is 0 Å². The van der Waals surface area contributed by atoms with Crippen LogP contribution in [0.25, 0.3) is 0 Å². The number of carbonyl (C=O) groups excluding carboxylic acids is 2. The van der Waals surface area contributed by atoms with Crippen LogP contribution in [0.3, 0.4) is 0 Å². The van der Waals surface area contributed by atoms with Crippen molar-refractivity contribution in [3.05, 3.63) is 16.5 Å². The first-order chi connectivity index (χ1) is 10.6. The molecule has 1 saturated heterocycles. The van der Waals surface area contributed by atoms with E-state index in [2.05, 4.69) is 17.1 Å². The van der Waals surface area contributed by atoms with Gasteiger partial charge in [0, 0.05) is 32.1 Å². The summed E-state index contributed by atoms with van der Waals surface area (Å²) in [5.41, 5.74) is 0.957. The minimum Gasteiger partial charge on any atom is -0.335 e. The molecule has 0 unspecified atom stereocenters. The smallest absolute Gasteiger partial charge is 0.264 e. The van der Waals surface area contributed by atoms with Crippen LogP contribution in [0.15, 0.2) is 6.07 Å². The predicted molar refractivity (Wildman–Crippen MR) is 88.4 cm³/mol. The van der Waals surface area contributed by atoms with Gasteiger partial charge in [0.25, 0.3) is 5.91 Å². The van der Waals surface area contributed by atoms with Gasteiger partial charge in [-0.3, -0.25) is 9.59 Å². The monoisotopic (exact) mass is 321 g/mol. The zero-order valence-electron chi connectivity index (χ0n) is 13.2. The first-order valence-corrected chi connectivity index (χ1v) is 8.83. The number of anilines is 1. The Hall–Kier alpha value is -1.40. The van der Waals surface area contributed by atoms with E-state index < -0.39 is 0 Å². The number of carbonyl (C=O) groups is 2. The standard InChI is InChI=1S/C16H23N3O2S/c1-3-18-6-8-19(9-7-18)16(21)14-11(2)10-13(22-14)17-15(20)12-4-5-12/h10,12H,3-9H2,1-2H3,(H,17,20). The summed E-state index contributed by atoms with van der Waals surface area (Å²) in [5.74, 6) is 0.380. The van der Waals surface area contributed by atoms with Gasteiger partial charge in [-0.15, -0.1) is 11.3 Å². The van der Waals surface area contributed by atoms with E-state index in [1.165, 1.54) is 11.3 Å². The molecule has 2 heterocycles. The summed E-state index contributed by atoms with van der Waals surface area (Å²) in [6.07, 6.45) is 1.98. The van der Waals surface area contributed by atoms with Gasteiger partial charge in [0.1, 0.15) is 0 Å². The average Bonchev–Trinajstić information content (AvgIpc) is 3.31. The van der Waals surface area contributed by atoms with Crippen LogP contribution in [0.1, 0.15) is 35.0 Å². The molecule has 0 aromatic carbocycles. The molecule has 1 aromatic rings. The van der Waals surface area contributed by atoms with Gasteiger partial charge in [0.15, 0.2) is 0 Å². The summed E-state index contributed by atoms with van der Waals surface area (Å²) >= 11 is 1.40. The van der Waals surface area contributed by atoms with Crippen molar-refractivity contribution < 1.29 is 9.59 Å². The highest BCUT2D eigenvalue weighted by molar-refractivity contribution is 7.18. The van der Waals surface area contributed by atoms with E-state index in [9.17, 15) is 9.59 Å². The Labute approximate surface area is 135 Å². The second-order valence-electron chi connectivity index (χ2n) is 6.11. The average molecular weight is 321 g/mol. The minimum absolute atomic E-state index is 0.0943. The van der Waals surface area contributed by atoms with Crippen molar-refractivity contribution in [1.82, 2.24) is 9.80 Å². The highest BCUT2D eigenvalue weighted by atomic mass is 32.1. The highest BCUT2D eigenvalue weighted by Crippen LogP contribution is 2.33. The number of rotatable bonds is 4. The normalized spacial score (nSPS) is 19.3. The Morgan fingerprint density at radius 1 is 1.27 bits per heavy atom. The van der Waals surface area contributed by atoms with Gasteiger partial charge in [-0.1, -0.05) is 6.92 Å². The Balaban J connectivity index is 1.64. The molecular weight excluding hydrogens is 298 g/mol. The molecule has 2 amide bonds. The lowest BCUT2D eigenvalue weighted by Crippen LogP contribution is -2.48. The van der Waals surface area contributed by atoms with Gasteiger partial charge in [-0.25, -0.2) is 0 Å². The van der Waals surface area contributed by atoms with Crippen molar-refractivity contribution in [2.24, 2.45) is 5.92 Å². The molecule has 0 spiro atoms. The van der Waals surface area contributed by atoms with Crippen LogP contribution < -0.4 is 5.32 Å². The zero-order valence-corrected chi connectivity index (χ0v) is 14.0. The summed E-state index contributed by atoms with van der Waals surface area (Å²) in [4.78, 5) is 29.5. The molecule has 1 aliphatic carbocycles. The van der Waals surface area contributed by atoms with Gasteiger partial charge in [-0.2, -0.15) is 0 Å². The van der Waals surface area contributed by atoms with Crippen LogP contribution in [0.5, 0.6) is 0 Å². The first-order valence-electron chi connectivity index (χ1n) is 8.01. The lowest BCUT2D eigenvalue weighted by molar-refractivity contribution is -0.117. The molecule has 0 radical (unpaired) electrons. The Morgan fingerprint density at radius 2 is 1.95 bits per heavy atom. The van der Waals surface area contributed by atoms with Crippen LogP contribution >= 0.6 is 11.3 Å². The van der Waals surface area contributed by atoms with Crippen molar-refractivity contribution >= 4 is 28.2 Å². The Bertz CT molecular complexity index is 572. The lowest BCUT2D eigenvalue weighted by atomic mass is 10.2. The third-order valence-electron chi connectivity index (χ3n) is 4.41. The molecule has 1 aliphatic heterocycles. The quantitative estimate of drug-likeness (QED) is 0.925. The van der Waals surface area contributed by atoms with Gasteiger partial charge in [0.2, 0.25) is 5.91 Å². The van der Waals surface area contributed by atoms with E-state index in [1.807, 2.05) is 17.9 Å². The number of amides is 2. The number of aryl methyl sites for hydroxylation is 1. The first kappa shape index (κ1) is 15.5. The maximum atomic E-state index is 12.7. The fraction of sp³-hybridized carbons (Fsp3) is 0.625. The number of piperazine rings is 1. The Kier molecular flexibility index (Phi) is 4.49. The summed E-state index contributed by atoms with van der Waals surface area (Å²) in [6.45, 7) is 8.59.